The molecule has 3 nitrogen and oxygen atoms in total. The molecule has 20 heavy (non-hydrogen) atoms. The third-order valence-corrected chi connectivity index (χ3v) is 3.87. The van der Waals surface area contributed by atoms with E-state index in [0.717, 1.165) is 12.8 Å². The molecule has 1 aliphatic rings. The molecule has 1 fully saturated rings. The Morgan fingerprint density at radius 3 is 2.60 bits per heavy atom. The van der Waals surface area contributed by atoms with Crippen molar-refractivity contribution < 1.29 is 4.79 Å². The normalized spacial score (nSPS) is 15.6. The van der Waals surface area contributed by atoms with Gasteiger partial charge in [0.1, 0.15) is 0 Å². The quantitative estimate of drug-likeness (QED) is 0.814. The Labute approximate surface area is 121 Å². The molecule has 0 aliphatic heterocycles. The van der Waals surface area contributed by atoms with Crippen LogP contribution in [0.4, 0.5) is 4.79 Å². The first-order valence-corrected chi connectivity index (χ1v) is 7.50. The van der Waals surface area contributed by atoms with Crippen LogP contribution in [-0.2, 0) is 6.54 Å². The van der Waals surface area contributed by atoms with Gasteiger partial charge in [-0.15, -0.1) is 6.58 Å². The Balaban J connectivity index is 2.06. The van der Waals surface area contributed by atoms with E-state index in [-0.39, 0.29) is 6.03 Å². The van der Waals surface area contributed by atoms with Gasteiger partial charge in [0.25, 0.3) is 0 Å². The zero-order valence-corrected chi connectivity index (χ0v) is 12.1. The average molecular weight is 272 g/mol. The largest absolute Gasteiger partial charge is 0.335 e. The summed E-state index contributed by atoms with van der Waals surface area (Å²) in [5.74, 6) is 0. The molecular formula is C17H24N2O. The maximum absolute atomic E-state index is 12.4. The van der Waals surface area contributed by atoms with Crippen LogP contribution >= 0.6 is 0 Å². The van der Waals surface area contributed by atoms with Crippen LogP contribution in [0.1, 0.15) is 37.7 Å². The molecule has 1 saturated carbocycles. The highest BCUT2D eigenvalue weighted by atomic mass is 16.2. The molecule has 0 spiro atoms. The van der Waals surface area contributed by atoms with Crippen molar-refractivity contribution in [1.29, 1.82) is 0 Å². The summed E-state index contributed by atoms with van der Waals surface area (Å²) >= 11 is 0. The summed E-state index contributed by atoms with van der Waals surface area (Å²) in [6.07, 6.45) is 7.71. The van der Waals surface area contributed by atoms with Gasteiger partial charge < -0.3 is 10.2 Å². The number of amides is 2. The van der Waals surface area contributed by atoms with Crippen LogP contribution in [0.5, 0.6) is 0 Å². The first kappa shape index (κ1) is 14.6. The molecule has 0 radical (unpaired) electrons. The van der Waals surface area contributed by atoms with Crippen molar-refractivity contribution in [2.24, 2.45) is 0 Å². The van der Waals surface area contributed by atoms with E-state index in [2.05, 4.69) is 24.0 Å². The molecule has 1 N–H and O–H groups in total. The summed E-state index contributed by atoms with van der Waals surface area (Å²) in [5, 5.41) is 2.92. The minimum absolute atomic E-state index is 0.0284. The molecular weight excluding hydrogens is 248 g/mol. The lowest BCUT2D eigenvalue weighted by Crippen LogP contribution is -2.46. The molecule has 108 valence electrons. The van der Waals surface area contributed by atoms with Gasteiger partial charge in [-0.25, -0.2) is 4.79 Å². The third kappa shape index (κ3) is 4.12. The van der Waals surface area contributed by atoms with Crippen LogP contribution in [-0.4, -0.2) is 23.5 Å². The highest BCUT2D eigenvalue weighted by Crippen LogP contribution is 2.24. The van der Waals surface area contributed by atoms with Gasteiger partial charge in [0.2, 0.25) is 0 Å². The minimum Gasteiger partial charge on any atom is -0.335 e. The van der Waals surface area contributed by atoms with Crippen LogP contribution in [0.3, 0.4) is 0 Å². The topological polar surface area (TPSA) is 32.3 Å². The number of nitrogens with zero attached hydrogens (tertiary/aromatic N) is 1. The van der Waals surface area contributed by atoms with Gasteiger partial charge in [-0.3, -0.25) is 0 Å². The van der Waals surface area contributed by atoms with Gasteiger partial charge in [-0.2, -0.15) is 0 Å². The molecule has 1 aliphatic carbocycles. The molecule has 2 amide bonds. The van der Waals surface area contributed by atoms with Crippen molar-refractivity contribution in [3.8, 4) is 0 Å². The fourth-order valence-corrected chi connectivity index (χ4v) is 2.80. The number of urea groups is 1. The first-order valence-electron chi connectivity index (χ1n) is 7.50. The molecule has 0 atom stereocenters. The summed E-state index contributed by atoms with van der Waals surface area (Å²) in [4.78, 5) is 14.4. The fourth-order valence-electron chi connectivity index (χ4n) is 2.80. The van der Waals surface area contributed by atoms with Gasteiger partial charge in [-0.05, 0) is 18.4 Å². The zero-order valence-electron chi connectivity index (χ0n) is 12.1. The van der Waals surface area contributed by atoms with Crippen LogP contribution < -0.4 is 5.32 Å². The van der Waals surface area contributed by atoms with E-state index in [1.54, 1.807) is 6.08 Å². The number of carbonyl (C=O) groups is 1. The highest BCUT2D eigenvalue weighted by molar-refractivity contribution is 5.74. The Morgan fingerprint density at radius 2 is 1.95 bits per heavy atom. The van der Waals surface area contributed by atoms with Crippen molar-refractivity contribution in [2.45, 2.75) is 44.7 Å². The Morgan fingerprint density at radius 1 is 1.25 bits per heavy atom. The second kappa shape index (κ2) is 7.73. The number of carbonyl (C=O) groups excluding carboxylic acids is 1. The fraction of sp³-hybridized carbons (Fsp3) is 0.471. The van der Waals surface area contributed by atoms with E-state index >= 15 is 0 Å². The van der Waals surface area contributed by atoms with Crippen molar-refractivity contribution in [3.05, 3.63) is 48.6 Å². The molecule has 1 aromatic rings. The maximum Gasteiger partial charge on any atom is 0.318 e. The van der Waals surface area contributed by atoms with Gasteiger partial charge in [0, 0.05) is 19.1 Å². The number of nitrogens with one attached hydrogen (secondary N) is 1. The molecule has 3 heteroatoms. The van der Waals surface area contributed by atoms with Crippen molar-refractivity contribution in [1.82, 2.24) is 10.2 Å². The minimum atomic E-state index is 0.0284. The van der Waals surface area contributed by atoms with Gasteiger partial charge >= 0.3 is 6.03 Å². The Hall–Kier alpha value is -1.77. The monoisotopic (exact) mass is 272 g/mol. The van der Waals surface area contributed by atoms with E-state index in [1.807, 2.05) is 23.1 Å². The van der Waals surface area contributed by atoms with Crippen molar-refractivity contribution in [2.75, 3.05) is 6.54 Å². The molecule has 0 aromatic heterocycles. The Bertz CT molecular complexity index is 424. The Kier molecular flexibility index (Phi) is 5.66. The molecule has 0 unspecified atom stereocenters. The van der Waals surface area contributed by atoms with Crippen LogP contribution in [0.25, 0.3) is 0 Å². The predicted octanol–water partition coefficient (Wildman–Crippen LogP) is 3.72. The van der Waals surface area contributed by atoms with E-state index < -0.39 is 0 Å². The van der Waals surface area contributed by atoms with Gasteiger partial charge in [0.15, 0.2) is 0 Å². The van der Waals surface area contributed by atoms with Crippen LogP contribution in [0.2, 0.25) is 0 Å². The van der Waals surface area contributed by atoms with Crippen LogP contribution in [0, 0.1) is 0 Å². The standard InChI is InChI=1S/C17H24N2O/c1-2-13-18-17(20)19(16-11-7-4-8-12-16)14-15-9-5-3-6-10-15/h2-3,5-6,9-10,16H,1,4,7-8,11-14H2,(H,18,20). The van der Waals surface area contributed by atoms with Crippen molar-refractivity contribution >= 4 is 6.03 Å². The summed E-state index contributed by atoms with van der Waals surface area (Å²) < 4.78 is 0. The summed E-state index contributed by atoms with van der Waals surface area (Å²) in [5.41, 5.74) is 1.19. The lowest BCUT2D eigenvalue weighted by Gasteiger charge is -2.34. The van der Waals surface area contributed by atoms with E-state index in [0.29, 0.717) is 19.1 Å². The SMILES string of the molecule is C=CCNC(=O)N(Cc1ccccc1)C1CCCCC1. The van der Waals surface area contributed by atoms with E-state index in [1.165, 1.54) is 24.8 Å². The predicted molar refractivity (Wildman–Crippen MR) is 82.5 cm³/mol. The van der Waals surface area contributed by atoms with Crippen LogP contribution in [0.15, 0.2) is 43.0 Å². The van der Waals surface area contributed by atoms with Gasteiger partial charge in [-0.1, -0.05) is 55.7 Å². The molecule has 2 rings (SSSR count). The number of hydrogen-bond acceptors (Lipinski definition) is 1. The molecule has 1 aromatic carbocycles. The maximum atomic E-state index is 12.4. The van der Waals surface area contributed by atoms with E-state index in [9.17, 15) is 4.79 Å². The lowest BCUT2D eigenvalue weighted by molar-refractivity contribution is 0.152. The first-order chi connectivity index (χ1) is 9.81. The van der Waals surface area contributed by atoms with E-state index in [4.69, 9.17) is 0 Å². The summed E-state index contributed by atoms with van der Waals surface area (Å²) in [6.45, 7) is 4.87. The number of benzene rings is 1. The molecule has 0 bridgehead atoms. The molecule has 0 saturated heterocycles. The summed E-state index contributed by atoms with van der Waals surface area (Å²) in [6, 6.07) is 10.6. The number of hydrogen-bond donors (Lipinski definition) is 1. The third-order valence-electron chi connectivity index (χ3n) is 3.87. The zero-order chi connectivity index (χ0) is 14.2. The smallest absolute Gasteiger partial charge is 0.318 e. The van der Waals surface area contributed by atoms with Crippen molar-refractivity contribution in [3.63, 3.8) is 0 Å². The molecule has 0 heterocycles. The lowest BCUT2D eigenvalue weighted by atomic mass is 9.94. The highest BCUT2D eigenvalue weighted by Gasteiger charge is 2.25. The second-order valence-electron chi connectivity index (χ2n) is 5.38. The van der Waals surface area contributed by atoms with Gasteiger partial charge in [0.05, 0.1) is 0 Å². The number of rotatable bonds is 5. The summed E-state index contributed by atoms with van der Waals surface area (Å²) in [7, 11) is 0. The average Bonchev–Trinajstić information content (AvgIpc) is 2.52. The second-order valence-corrected chi connectivity index (χ2v) is 5.38.